The van der Waals surface area contributed by atoms with E-state index in [1.54, 1.807) is 0 Å². The average Bonchev–Trinajstić information content (AvgIpc) is 2.45. The predicted molar refractivity (Wildman–Crippen MR) is 83.4 cm³/mol. The summed E-state index contributed by atoms with van der Waals surface area (Å²) in [4.78, 5) is 15.0. The van der Waals surface area contributed by atoms with E-state index in [9.17, 15) is 4.79 Å². The van der Waals surface area contributed by atoms with E-state index in [1.807, 2.05) is 6.92 Å². The third-order valence-corrected chi connectivity index (χ3v) is 5.24. The van der Waals surface area contributed by atoms with E-state index in [0.29, 0.717) is 11.9 Å². The minimum Gasteiger partial charge on any atom is -0.339 e. The van der Waals surface area contributed by atoms with Gasteiger partial charge in [-0.2, -0.15) is 0 Å². The number of amides is 1. The maximum absolute atomic E-state index is 12.7. The lowest BCUT2D eigenvalue weighted by Crippen LogP contribution is -2.51. The normalized spacial score (nSPS) is 29.6. The van der Waals surface area contributed by atoms with Crippen molar-refractivity contribution >= 4 is 5.91 Å². The molecular formula is C17H32N2O. The number of hydrogen-bond donors (Lipinski definition) is 1. The fourth-order valence-corrected chi connectivity index (χ4v) is 4.05. The van der Waals surface area contributed by atoms with Crippen molar-refractivity contribution in [1.29, 1.82) is 0 Å². The smallest absolute Gasteiger partial charge is 0.225 e. The van der Waals surface area contributed by atoms with Crippen LogP contribution in [-0.2, 0) is 4.79 Å². The number of carbonyl (C=O) groups is 1. The molecule has 116 valence electrons. The van der Waals surface area contributed by atoms with E-state index < -0.39 is 0 Å². The maximum atomic E-state index is 12.7. The highest BCUT2D eigenvalue weighted by molar-refractivity contribution is 5.79. The van der Waals surface area contributed by atoms with Crippen LogP contribution in [0.5, 0.6) is 0 Å². The lowest BCUT2D eigenvalue weighted by atomic mass is 9.78. The topological polar surface area (TPSA) is 46.3 Å². The van der Waals surface area contributed by atoms with Gasteiger partial charge in [0.05, 0.1) is 0 Å². The van der Waals surface area contributed by atoms with Crippen LogP contribution in [0, 0.1) is 11.8 Å². The Labute approximate surface area is 124 Å². The molecule has 0 radical (unpaired) electrons. The monoisotopic (exact) mass is 280 g/mol. The molecule has 1 saturated heterocycles. The van der Waals surface area contributed by atoms with Crippen molar-refractivity contribution < 1.29 is 4.79 Å². The Balaban J connectivity index is 1.86. The largest absolute Gasteiger partial charge is 0.339 e. The first kappa shape index (κ1) is 15.8. The van der Waals surface area contributed by atoms with Gasteiger partial charge in [0.25, 0.3) is 0 Å². The summed E-state index contributed by atoms with van der Waals surface area (Å²) in [6, 6.07) is 0.816. The SMILES string of the molecule is CC(N)CCCC(C)C(=O)N1CCCC2CCCCC21. The molecule has 1 aliphatic heterocycles. The maximum Gasteiger partial charge on any atom is 0.225 e. The van der Waals surface area contributed by atoms with Crippen molar-refractivity contribution in [2.24, 2.45) is 17.6 Å². The first-order valence-electron chi connectivity index (χ1n) is 8.65. The number of rotatable bonds is 5. The number of piperidine rings is 1. The highest BCUT2D eigenvalue weighted by Gasteiger charge is 2.36. The van der Waals surface area contributed by atoms with Crippen molar-refractivity contribution in [2.45, 2.75) is 83.7 Å². The van der Waals surface area contributed by atoms with E-state index in [4.69, 9.17) is 5.73 Å². The van der Waals surface area contributed by atoms with E-state index in [0.717, 1.165) is 31.7 Å². The molecule has 0 aromatic heterocycles. The highest BCUT2D eigenvalue weighted by Crippen LogP contribution is 2.36. The lowest BCUT2D eigenvalue weighted by molar-refractivity contribution is -0.141. The van der Waals surface area contributed by atoms with Crippen LogP contribution in [0.3, 0.4) is 0 Å². The summed E-state index contributed by atoms with van der Waals surface area (Å²) in [7, 11) is 0. The van der Waals surface area contributed by atoms with Crippen LogP contribution in [0.2, 0.25) is 0 Å². The van der Waals surface area contributed by atoms with Crippen LogP contribution in [0.15, 0.2) is 0 Å². The van der Waals surface area contributed by atoms with Crippen LogP contribution in [-0.4, -0.2) is 29.4 Å². The van der Waals surface area contributed by atoms with Gasteiger partial charge in [-0.3, -0.25) is 4.79 Å². The van der Waals surface area contributed by atoms with Gasteiger partial charge in [0.1, 0.15) is 0 Å². The van der Waals surface area contributed by atoms with Gasteiger partial charge in [-0.1, -0.05) is 26.2 Å². The summed E-state index contributed by atoms with van der Waals surface area (Å²) >= 11 is 0. The molecule has 1 saturated carbocycles. The number of hydrogen-bond acceptors (Lipinski definition) is 2. The van der Waals surface area contributed by atoms with Gasteiger partial charge in [-0.25, -0.2) is 0 Å². The molecule has 2 rings (SSSR count). The van der Waals surface area contributed by atoms with Crippen molar-refractivity contribution in [3.05, 3.63) is 0 Å². The molecule has 1 aliphatic carbocycles. The van der Waals surface area contributed by atoms with Crippen molar-refractivity contribution in [3.8, 4) is 0 Å². The molecule has 3 nitrogen and oxygen atoms in total. The fraction of sp³-hybridized carbons (Fsp3) is 0.941. The molecule has 0 bridgehead atoms. The molecule has 2 N–H and O–H groups in total. The van der Waals surface area contributed by atoms with Gasteiger partial charge < -0.3 is 10.6 Å². The van der Waals surface area contributed by atoms with Gasteiger partial charge in [0.15, 0.2) is 0 Å². The molecule has 2 fully saturated rings. The number of fused-ring (bicyclic) bond motifs is 1. The van der Waals surface area contributed by atoms with Gasteiger partial charge in [0, 0.05) is 24.5 Å². The molecule has 0 aromatic rings. The van der Waals surface area contributed by atoms with Crippen molar-refractivity contribution in [2.75, 3.05) is 6.54 Å². The summed E-state index contributed by atoms with van der Waals surface area (Å²) in [6.07, 6.45) is 10.9. The zero-order chi connectivity index (χ0) is 14.5. The number of nitrogens with two attached hydrogens (primary N) is 1. The first-order valence-corrected chi connectivity index (χ1v) is 8.65. The van der Waals surface area contributed by atoms with Crippen molar-refractivity contribution in [1.82, 2.24) is 4.90 Å². The van der Waals surface area contributed by atoms with Gasteiger partial charge in [0.2, 0.25) is 5.91 Å². The molecular weight excluding hydrogens is 248 g/mol. The van der Waals surface area contributed by atoms with Gasteiger partial charge in [-0.05, 0) is 51.4 Å². The van der Waals surface area contributed by atoms with Crippen molar-refractivity contribution in [3.63, 3.8) is 0 Å². The second-order valence-corrected chi connectivity index (χ2v) is 7.09. The van der Waals surface area contributed by atoms with Crippen LogP contribution in [0.1, 0.15) is 71.6 Å². The minimum atomic E-state index is 0.175. The molecule has 1 amide bonds. The minimum absolute atomic E-state index is 0.175. The lowest BCUT2D eigenvalue weighted by Gasteiger charge is -2.45. The summed E-state index contributed by atoms with van der Waals surface area (Å²) < 4.78 is 0. The molecule has 4 atom stereocenters. The third kappa shape index (κ3) is 3.97. The summed E-state index contributed by atoms with van der Waals surface area (Å²) in [5.74, 6) is 1.37. The Morgan fingerprint density at radius 3 is 2.60 bits per heavy atom. The number of likely N-dealkylation sites (tertiary alicyclic amines) is 1. The van der Waals surface area contributed by atoms with Crippen LogP contribution >= 0.6 is 0 Å². The standard InChI is InChI=1S/C17H32N2O/c1-13(7-5-8-14(2)18)17(20)19-12-6-10-15-9-3-4-11-16(15)19/h13-16H,3-12,18H2,1-2H3. The predicted octanol–water partition coefficient (Wildman–Crippen LogP) is 3.32. The zero-order valence-electron chi connectivity index (χ0n) is 13.3. The Hall–Kier alpha value is -0.570. The van der Waals surface area contributed by atoms with Crippen LogP contribution < -0.4 is 5.73 Å². The summed E-state index contributed by atoms with van der Waals surface area (Å²) in [5.41, 5.74) is 5.79. The first-order chi connectivity index (χ1) is 9.59. The molecule has 4 unspecified atom stereocenters. The zero-order valence-corrected chi connectivity index (χ0v) is 13.3. The van der Waals surface area contributed by atoms with Gasteiger partial charge >= 0.3 is 0 Å². The second kappa shape index (κ2) is 7.44. The summed E-state index contributed by atoms with van der Waals surface area (Å²) in [6.45, 7) is 5.15. The second-order valence-electron chi connectivity index (χ2n) is 7.09. The Bertz CT molecular complexity index is 314. The number of nitrogens with zero attached hydrogens (tertiary/aromatic N) is 1. The van der Waals surface area contributed by atoms with E-state index in [1.165, 1.54) is 38.5 Å². The van der Waals surface area contributed by atoms with Crippen LogP contribution in [0.25, 0.3) is 0 Å². The Kier molecular flexibility index (Phi) is 5.88. The Morgan fingerprint density at radius 2 is 1.85 bits per heavy atom. The molecule has 0 spiro atoms. The van der Waals surface area contributed by atoms with E-state index in [-0.39, 0.29) is 12.0 Å². The van der Waals surface area contributed by atoms with E-state index in [2.05, 4.69) is 11.8 Å². The molecule has 0 aromatic carbocycles. The molecule has 2 aliphatic rings. The fourth-order valence-electron chi connectivity index (χ4n) is 4.05. The van der Waals surface area contributed by atoms with Crippen LogP contribution in [0.4, 0.5) is 0 Å². The van der Waals surface area contributed by atoms with Gasteiger partial charge in [-0.15, -0.1) is 0 Å². The average molecular weight is 280 g/mol. The third-order valence-electron chi connectivity index (χ3n) is 5.24. The van der Waals surface area contributed by atoms with E-state index >= 15 is 0 Å². The molecule has 3 heteroatoms. The number of carbonyl (C=O) groups excluding carboxylic acids is 1. The Morgan fingerprint density at radius 1 is 1.15 bits per heavy atom. The molecule has 1 heterocycles. The highest BCUT2D eigenvalue weighted by atomic mass is 16.2. The quantitative estimate of drug-likeness (QED) is 0.839. The summed E-state index contributed by atoms with van der Waals surface area (Å²) in [5, 5.41) is 0. The molecule has 20 heavy (non-hydrogen) atoms.